The van der Waals surface area contributed by atoms with E-state index in [1.54, 1.807) is 0 Å². The molecule has 4 heteroatoms. The van der Waals surface area contributed by atoms with Crippen LogP contribution < -0.4 is 0 Å². The molecule has 0 saturated carbocycles. The van der Waals surface area contributed by atoms with Crippen LogP contribution in [0.2, 0.25) is 0 Å². The lowest BCUT2D eigenvalue weighted by atomic mass is 9.76. The highest BCUT2D eigenvalue weighted by molar-refractivity contribution is 5.82. The van der Waals surface area contributed by atoms with Crippen LogP contribution in [0.15, 0.2) is 60.2 Å². The second kappa shape index (κ2) is 9.77. The van der Waals surface area contributed by atoms with Gasteiger partial charge in [-0.05, 0) is 74.6 Å². The summed E-state index contributed by atoms with van der Waals surface area (Å²) in [6.45, 7) is 4.50. The van der Waals surface area contributed by atoms with E-state index < -0.39 is 0 Å². The molecule has 0 radical (unpaired) electrons. The molecule has 2 unspecified atom stereocenters. The molecule has 34 heavy (non-hydrogen) atoms. The number of carbonyl (C=O) groups excluding carboxylic acids is 2. The van der Waals surface area contributed by atoms with Gasteiger partial charge in [0.15, 0.2) is 0 Å². The Labute approximate surface area is 203 Å². The van der Waals surface area contributed by atoms with Gasteiger partial charge >= 0.3 is 6.09 Å². The Bertz CT molecular complexity index is 1040. The van der Waals surface area contributed by atoms with Gasteiger partial charge in [-0.3, -0.25) is 4.79 Å². The quantitative estimate of drug-likeness (QED) is 0.444. The zero-order valence-corrected chi connectivity index (χ0v) is 20.3. The number of ether oxygens (including phenoxy) is 1. The van der Waals surface area contributed by atoms with Gasteiger partial charge in [-0.2, -0.15) is 0 Å². The van der Waals surface area contributed by atoms with Crippen LogP contribution >= 0.6 is 0 Å². The molecule has 0 N–H and O–H groups in total. The summed E-state index contributed by atoms with van der Waals surface area (Å²) in [5.74, 6) is 0.519. The van der Waals surface area contributed by atoms with Crippen LogP contribution in [-0.4, -0.2) is 35.5 Å². The summed E-state index contributed by atoms with van der Waals surface area (Å²) in [7, 11) is 0. The number of piperidine rings is 2. The number of allylic oxidation sites excluding steroid dienone is 2. The Balaban J connectivity index is 1.25. The number of hydrogen-bond donors (Lipinski definition) is 0. The predicted molar refractivity (Wildman–Crippen MR) is 135 cm³/mol. The molecule has 0 aromatic heterocycles. The SMILES string of the molecule is CC(C)=CCCC(=O)C1CC2CCCC(C1)N2C(=O)OCC1c2ccccc2-c2ccccc21. The standard InChI is InChI=1S/C30H35NO3/c1-20(2)9-7-16-29(32)21-17-22-10-8-11-23(18-21)31(22)30(33)34-19-28-26-14-5-3-12-24(26)25-13-4-6-15-27(25)28/h3-6,9,12-15,21-23,28H,7-8,10-11,16-19H2,1-2H3. The smallest absolute Gasteiger partial charge is 0.410 e. The van der Waals surface area contributed by atoms with Crippen molar-refractivity contribution < 1.29 is 14.3 Å². The second-order valence-electron chi connectivity index (χ2n) is 10.4. The van der Waals surface area contributed by atoms with Crippen LogP contribution in [0.5, 0.6) is 0 Å². The molecular formula is C30H35NO3. The maximum absolute atomic E-state index is 13.3. The Morgan fingerprint density at radius 3 is 2.12 bits per heavy atom. The Morgan fingerprint density at radius 2 is 1.53 bits per heavy atom. The van der Waals surface area contributed by atoms with Crippen molar-refractivity contribution in [2.45, 2.75) is 76.8 Å². The van der Waals surface area contributed by atoms with Crippen LogP contribution in [0.1, 0.15) is 75.8 Å². The van der Waals surface area contributed by atoms with E-state index in [2.05, 4.69) is 68.5 Å². The number of ketones is 1. The van der Waals surface area contributed by atoms with E-state index in [0.717, 1.165) is 38.5 Å². The van der Waals surface area contributed by atoms with Crippen molar-refractivity contribution in [3.05, 3.63) is 71.3 Å². The third-order valence-electron chi connectivity index (χ3n) is 7.92. The van der Waals surface area contributed by atoms with Crippen LogP contribution in [0.3, 0.4) is 0 Å². The fraction of sp³-hybridized carbons (Fsp3) is 0.467. The Morgan fingerprint density at radius 1 is 0.941 bits per heavy atom. The molecule has 2 heterocycles. The van der Waals surface area contributed by atoms with E-state index in [4.69, 9.17) is 4.74 Å². The first-order valence-corrected chi connectivity index (χ1v) is 12.8. The summed E-state index contributed by atoms with van der Waals surface area (Å²) < 4.78 is 6.00. The maximum atomic E-state index is 13.3. The van der Waals surface area contributed by atoms with Gasteiger partial charge in [-0.25, -0.2) is 4.79 Å². The molecule has 2 atom stereocenters. The minimum absolute atomic E-state index is 0.0744. The molecule has 178 valence electrons. The highest BCUT2D eigenvalue weighted by atomic mass is 16.6. The average Bonchev–Trinajstić information content (AvgIpc) is 3.15. The lowest BCUT2D eigenvalue weighted by Crippen LogP contribution is -2.55. The maximum Gasteiger partial charge on any atom is 0.410 e. The van der Waals surface area contributed by atoms with Crippen molar-refractivity contribution in [2.24, 2.45) is 5.92 Å². The summed E-state index contributed by atoms with van der Waals surface area (Å²) in [5.41, 5.74) is 6.20. The van der Waals surface area contributed by atoms with Gasteiger partial charge in [0.1, 0.15) is 12.4 Å². The average molecular weight is 458 g/mol. The van der Waals surface area contributed by atoms with Crippen molar-refractivity contribution in [2.75, 3.05) is 6.61 Å². The molecule has 0 spiro atoms. The van der Waals surface area contributed by atoms with E-state index in [1.165, 1.54) is 27.8 Å². The van der Waals surface area contributed by atoms with Crippen molar-refractivity contribution in [3.8, 4) is 11.1 Å². The van der Waals surface area contributed by atoms with Crippen molar-refractivity contribution in [1.29, 1.82) is 0 Å². The van der Waals surface area contributed by atoms with Crippen LogP contribution in [0.25, 0.3) is 11.1 Å². The summed E-state index contributed by atoms with van der Waals surface area (Å²) in [4.78, 5) is 28.2. The Kier molecular flexibility index (Phi) is 6.58. The van der Waals surface area contributed by atoms with Crippen LogP contribution in [-0.2, 0) is 9.53 Å². The fourth-order valence-corrected chi connectivity index (χ4v) is 6.32. The largest absolute Gasteiger partial charge is 0.448 e. The summed E-state index contributed by atoms with van der Waals surface area (Å²) >= 11 is 0. The van der Waals surface area contributed by atoms with Crippen LogP contribution in [0, 0.1) is 5.92 Å². The van der Waals surface area contributed by atoms with Gasteiger partial charge in [0.05, 0.1) is 0 Å². The first kappa shape index (κ1) is 22.9. The third-order valence-corrected chi connectivity index (χ3v) is 7.92. The lowest BCUT2D eigenvalue weighted by Gasteiger charge is -2.47. The van der Waals surface area contributed by atoms with E-state index in [-0.39, 0.29) is 30.0 Å². The number of Topliss-reactive ketones (excluding diaryl/α,β-unsaturated/α-hetero) is 1. The molecule has 2 aromatic rings. The van der Waals surface area contributed by atoms with Gasteiger partial charge in [0.2, 0.25) is 0 Å². The highest BCUT2D eigenvalue weighted by Crippen LogP contribution is 2.45. The number of benzene rings is 2. The van der Waals surface area contributed by atoms with Gasteiger partial charge < -0.3 is 9.64 Å². The summed E-state index contributed by atoms with van der Waals surface area (Å²) in [5, 5.41) is 0. The molecule has 5 rings (SSSR count). The number of nitrogens with zero attached hydrogens (tertiary/aromatic N) is 1. The number of carbonyl (C=O) groups is 2. The number of rotatable bonds is 6. The third kappa shape index (κ3) is 4.43. The molecule has 4 nitrogen and oxygen atoms in total. The van der Waals surface area contributed by atoms with Gasteiger partial charge in [-0.15, -0.1) is 0 Å². The first-order chi connectivity index (χ1) is 16.5. The first-order valence-electron chi connectivity index (χ1n) is 12.8. The van der Waals surface area contributed by atoms with Gasteiger partial charge in [0.25, 0.3) is 0 Å². The predicted octanol–water partition coefficient (Wildman–Crippen LogP) is 6.88. The van der Waals surface area contributed by atoms with Gasteiger partial charge in [-0.1, -0.05) is 60.2 Å². The molecular weight excluding hydrogens is 422 g/mol. The zero-order chi connectivity index (χ0) is 23.7. The van der Waals surface area contributed by atoms with E-state index >= 15 is 0 Å². The normalized spacial score (nSPS) is 23.1. The monoisotopic (exact) mass is 457 g/mol. The van der Waals surface area contributed by atoms with Crippen molar-refractivity contribution >= 4 is 11.9 Å². The molecule has 2 fully saturated rings. The molecule has 2 bridgehead atoms. The van der Waals surface area contributed by atoms with E-state index in [0.29, 0.717) is 18.8 Å². The van der Waals surface area contributed by atoms with Gasteiger partial charge in [0, 0.05) is 30.3 Å². The van der Waals surface area contributed by atoms with Crippen LogP contribution in [0.4, 0.5) is 4.79 Å². The van der Waals surface area contributed by atoms with Crippen molar-refractivity contribution in [3.63, 3.8) is 0 Å². The molecule has 2 saturated heterocycles. The summed E-state index contributed by atoms with van der Waals surface area (Å²) in [6.07, 6.45) is 8.02. The lowest BCUT2D eigenvalue weighted by molar-refractivity contribution is -0.126. The molecule has 1 aliphatic carbocycles. The summed E-state index contributed by atoms with van der Waals surface area (Å²) in [6, 6.07) is 17.1. The minimum Gasteiger partial charge on any atom is -0.448 e. The molecule has 2 aliphatic heterocycles. The number of hydrogen-bond acceptors (Lipinski definition) is 3. The fourth-order valence-electron chi connectivity index (χ4n) is 6.32. The Hall–Kier alpha value is -2.88. The minimum atomic E-state index is -0.202. The number of fused-ring (bicyclic) bond motifs is 5. The van der Waals surface area contributed by atoms with E-state index in [9.17, 15) is 9.59 Å². The highest BCUT2D eigenvalue weighted by Gasteiger charge is 2.43. The van der Waals surface area contributed by atoms with E-state index in [1.807, 2.05) is 4.90 Å². The van der Waals surface area contributed by atoms with Crippen molar-refractivity contribution in [1.82, 2.24) is 4.90 Å². The topological polar surface area (TPSA) is 46.6 Å². The second-order valence-corrected chi connectivity index (χ2v) is 10.4. The molecule has 1 amide bonds. The zero-order valence-electron chi connectivity index (χ0n) is 20.3. The number of amides is 1. The molecule has 3 aliphatic rings. The molecule has 2 aromatic carbocycles.